The van der Waals surface area contributed by atoms with Crippen LogP contribution in [0.4, 0.5) is 11.4 Å². The van der Waals surface area contributed by atoms with Gasteiger partial charge in [0.05, 0.1) is 27.3 Å². The number of nitrogens with one attached hydrogen (secondary N) is 1. The van der Waals surface area contributed by atoms with Gasteiger partial charge in [0.15, 0.2) is 0 Å². The Labute approximate surface area is 122 Å². The minimum atomic E-state index is -0.534. The van der Waals surface area contributed by atoms with Gasteiger partial charge in [-0.25, -0.2) is 0 Å². The Balaban J connectivity index is 2.57. The third kappa shape index (κ3) is 5.22. The van der Waals surface area contributed by atoms with E-state index >= 15 is 0 Å². The Morgan fingerprint density at radius 2 is 1.95 bits per heavy atom. The van der Waals surface area contributed by atoms with Gasteiger partial charge in [0, 0.05) is 25.3 Å². The molecule has 1 aromatic carbocycles. The number of non-ortho nitro benzene ring substituents is 1. The summed E-state index contributed by atoms with van der Waals surface area (Å²) in [5.41, 5.74) is 0.360. The molecule has 1 N–H and O–H groups in total. The van der Waals surface area contributed by atoms with E-state index in [1.807, 2.05) is 0 Å². The van der Waals surface area contributed by atoms with Gasteiger partial charge >= 0.3 is 0 Å². The number of hydrogen-bond acceptors (Lipinski definition) is 4. The number of anilines is 1. The number of nitro benzene ring substituents is 1. The SMILES string of the molecule is CC(C)COCCNc1c(Cl)cc([N+](=O)[O-])cc1Cl. The monoisotopic (exact) mass is 306 g/mol. The first-order chi connectivity index (χ1) is 8.91. The molecule has 0 radical (unpaired) electrons. The summed E-state index contributed by atoms with van der Waals surface area (Å²) in [7, 11) is 0. The van der Waals surface area contributed by atoms with Crippen LogP contribution in [0.5, 0.6) is 0 Å². The lowest BCUT2D eigenvalue weighted by Crippen LogP contribution is -2.12. The van der Waals surface area contributed by atoms with Gasteiger partial charge < -0.3 is 10.1 Å². The molecule has 0 fully saturated rings. The van der Waals surface area contributed by atoms with Crippen LogP contribution < -0.4 is 5.32 Å². The highest BCUT2D eigenvalue weighted by molar-refractivity contribution is 6.39. The van der Waals surface area contributed by atoms with Crippen LogP contribution in [0.25, 0.3) is 0 Å². The van der Waals surface area contributed by atoms with Crippen molar-refractivity contribution >= 4 is 34.6 Å². The first-order valence-corrected chi connectivity index (χ1v) is 6.62. The minimum Gasteiger partial charge on any atom is -0.380 e. The van der Waals surface area contributed by atoms with Crippen LogP contribution in [0.15, 0.2) is 12.1 Å². The van der Waals surface area contributed by atoms with E-state index in [1.165, 1.54) is 12.1 Å². The zero-order chi connectivity index (χ0) is 14.4. The van der Waals surface area contributed by atoms with Crippen molar-refractivity contribution in [1.82, 2.24) is 0 Å². The average Bonchev–Trinajstić information content (AvgIpc) is 2.30. The van der Waals surface area contributed by atoms with Crippen LogP contribution in [0.3, 0.4) is 0 Å². The Kier molecular flexibility index (Phi) is 6.34. The lowest BCUT2D eigenvalue weighted by Gasteiger charge is -2.11. The van der Waals surface area contributed by atoms with Crippen molar-refractivity contribution in [1.29, 1.82) is 0 Å². The number of benzene rings is 1. The van der Waals surface area contributed by atoms with E-state index in [0.717, 1.165) is 0 Å². The maximum Gasteiger partial charge on any atom is 0.272 e. The fourth-order valence-electron chi connectivity index (χ4n) is 1.40. The molecular weight excluding hydrogens is 291 g/mol. The molecule has 0 spiro atoms. The number of nitrogens with zero attached hydrogens (tertiary/aromatic N) is 1. The predicted octanol–water partition coefficient (Wildman–Crippen LogP) is 3.99. The van der Waals surface area contributed by atoms with Crippen molar-refractivity contribution in [2.24, 2.45) is 5.92 Å². The second kappa shape index (κ2) is 7.53. The van der Waals surface area contributed by atoms with Crippen molar-refractivity contribution in [2.45, 2.75) is 13.8 Å². The van der Waals surface area contributed by atoms with E-state index in [2.05, 4.69) is 19.2 Å². The molecule has 0 unspecified atom stereocenters. The number of hydrogen-bond donors (Lipinski definition) is 1. The molecule has 19 heavy (non-hydrogen) atoms. The van der Waals surface area contributed by atoms with Gasteiger partial charge in [0.1, 0.15) is 0 Å². The molecular formula is C12H16Cl2N2O3. The van der Waals surface area contributed by atoms with E-state index in [4.69, 9.17) is 27.9 Å². The normalized spacial score (nSPS) is 10.8. The van der Waals surface area contributed by atoms with E-state index in [-0.39, 0.29) is 15.7 Å². The third-order valence-corrected chi connectivity index (χ3v) is 2.83. The van der Waals surface area contributed by atoms with Gasteiger partial charge in [-0.1, -0.05) is 37.0 Å². The second-order valence-electron chi connectivity index (χ2n) is 4.44. The Morgan fingerprint density at radius 3 is 2.42 bits per heavy atom. The van der Waals surface area contributed by atoms with Crippen LogP contribution >= 0.6 is 23.2 Å². The van der Waals surface area contributed by atoms with Gasteiger partial charge in [0.25, 0.3) is 5.69 Å². The molecule has 106 valence electrons. The molecule has 0 heterocycles. The maximum atomic E-state index is 10.6. The summed E-state index contributed by atoms with van der Waals surface area (Å²) in [5, 5.41) is 14.1. The Morgan fingerprint density at radius 1 is 1.37 bits per heavy atom. The first-order valence-electron chi connectivity index (χ1n) is 5.87. The number of ether oxygens (including phenoxy) is 1. The van der Waals surface area contributed by atoms with Crippen molar-refractivity contribution < 1.29 is 9.66 Å². The lowest BCUT2D eigenvalue weighted by molar-refractivity contribution is -0.384. The average molecular weight is 307 g/mol. The molecule has 0 saturated heterocycles. The molecule has 0 saturated carbocycles. The van der Waals surface area contributed by atoms with Crippen LogP contribution in [-0.4, -0.2) is 24.7 Å². The summed E-state index contributed by atoms with van der Waals surface area (Å²) in [6.07, 6.45) is 0. The van der Waals surface area contributed by atoms with Crippen molar-refractivity contribution in [3.63, 3.8) is 0 Å². The summed E-state index contributed by atoms with van der Waals surface area (Å²) in [6.45, 7) is 5.87. The smallest absolute Gasteiger partial charge is 0.272 e. The molecule has 0 bridgehead atoms. The maximum absolute atomic E-state index is 10.6. The summed E-state index contributed by atoms with van der Waals surface area (Å²) in [5.74, 6) is 0.478. The Hall–Kier alpha value is -1.04. The summed E-state index contributed by atoms with van der Waals surface area (Å²) >= 11 is 11.9. The first kappa shape index (κ1) is 16.0. The van der Waals surface area contributed by atoms with E-state index in [1.54, 1.807) is 0 Å². The topological polar surface area (TPSA) is 64.4 Å². The largest absolute Gasteiger partial charge is 0.380 e. The zero-order valence-electron chi connectivity index (χ0n) is 10.8. The van der Waals surface area contributed by atoms with Gasteiger partial charge in [-0.2, -0.15) is 0 Å². The van der Waals surface area contributed by atoms with Crippen molar-refractivity contribution in [3.05, 3.63) is 32.3 Å². The number of halogens is 2. The van der Waals surface area contributed by atoms with E-state index < -0.39 is 4.92 Å². The minimum absolute atomic E-state index is 0.128. The summed E-state index contributed by atoms with van der Waals surface area (Å²) < 4.78 is 5.40. The molecule has 0 aromatic heterocycles. The highest BCUT2D eigenvalue weighted by atomic mass is 35.5. The van der Waals surface area contributed by atoms with Crippen LogP contribution in [0, 0.1) is 16.0 Å². The predicted molar refractivity (Wildman–Crippen MR) is 77.3 cm³/mol. The number of rotatable bonds is 7. The number of nitro groups is 1. The highest BCUT2D eigenvalue weighted by Crippen LogP contribution is 2.34. The molecule has 1 rings (SSSR count). The molecule has 0 aliphatic carbocycles. The van der Waals surface area contributed by atoms with Crippen LogP contribution in [0.2, 0.25) is 10.0 Å². The molecule has 7 heteroatoms. The zero-order valence-corrected chi connectivity index (χ0v) is 12.3. The molecule has 0 aliphatic heterocycles. The molecule has 5 nitrogen and oxygen atoms in total. The summed E-state index contributed by atoms with van der Waals surface area (Å²) in [6, 6.07) is 2.54. The highest BCUT2D eigenvalue weighted by Gasteiger charge is 2.14. The van der Waals surface area contributed by atoms with Gasteiger partial charge in [-0.05, 0) is 5.92 Å². The molecule has 1 aromatic rings. The Bertz CT molecular complexity index is 430. The van der Waals surface area contributed by atoms with Crippen molar-refractivity contribution in [2.75, 3.05) is 25.1 Å². The standard InChI is InChI=1S/C12H16Cl2N2O3/c1-8(2)7-19-4-3-15-12-10(13)5-9(16(17)18)6-11(12)14/h5-6,8,15H,3-4,7H2,1-2H3. The van der Waals surface area contributed by atoms with Gasteiger partial charge in [0.2, 0.25) is 0 Å². The molecule has 0 atom stereocenters. The van der Waals surface area contributed by atoms with Crippen LogP contribution in [0.1, 0.15) is 13.8 Å². The fourth-order valence-corrected chi connectivity index (χ4v) is 2.01. The third-order valence-electron chi connectivity index (χ3n) is 2.24. The quantitative estimate of drug-likeness (QED) is 0.470. The van der Waals surface area contributed by atoms with E-state index in [0.29, 0.717) is 31.4 Å². The molecule has 0 aliphatic rings. The lowest BCUT2D eigenvalue weighted by atomic mass is 10.2. The molecule has 0 amide bonds. The van der Waals surface area contributed by atoms with Crippen LogP contribution in [-0.2, 0) is 4.74 Å². The van der Waals surface area contributed by atoms with Gasteiger partial charge in [-0.3, -0.25) is 10.1 Å². The summed E-state index contributed by atoms with van der Waals surface area (Å²) in [4.78, 5) is 10.1. The van der Waals surface area contributed by atoms with Gasteiger partial charge in [-0.15, -0.1) is 0 Å². The van der Waals surface area contributed by atoms with Crippen molar-refractivity contribution in [3.8, 4) is 0 Å². The fraction of sp³-hybridized carbons (Fsp3) is 0.500. The van der Waals surface area contributed by atoms with E-state index in [9.17, 15) is 10.1 Å². The second-order valence-corrected chi connectivity index (χ2v) is 5.25.